The fourth-order valence-corrected chi connectivity index (χ4v) is 2.49. The van der Waals surface area contributed by atoms with Crippen molar-refractivity contribution in [3.8, 4) is 12.3 Å². The predicted octanol–water partition coefficient (Wildman–Crippen LogP) is 2.20. The zero-order chi connectivity index (χ0) is 13.0. The van der Waals surface area contributed by atoms with Gasteiger partial charge in [-0.15, -0.1) is 6.42 Å². The summed E-state index contributed by atoms with van der Waals surface area (Å²) in [5.41, 5.74) is 0.798. The minimum Gasteiger partial charge on any atom is -0.388 e. The zero-order valence-corrected chi connectivity index (χ0v) is 10.3. The number of rotatable bonds is 3. The average molecular weight is 247 g/mol. The number of hydrogen-bond donors (Lipinski definition) is 1. The number of nitrogens with zero attached hydrogens (tertiary/aromatic N) is 1. The van der Waals surface area contributed by atoms with Crippen molar-refractivity contribution in [1.29, 1.82) is 0 Å². The summed E-state index contributed by atoms with van der Waals surface area (Å²) in [6.45, 7) is 2.53. The summed E-state index contributed by atoms with van der Waals surface area (Å²) in [6, 6.07) is 6.11. The van der Waals surface area contributed by atoms with E-state index in [-0.39, 0.29) is 11.7 Å². The normalized spacial score (nSPS) is 19.4. The van der Waals surface area contributed by atoms with Crippen LogP contribution < -0.4 is 0 Å². The molecular formula is C15H18FNO. The summed E-state index contributed by atoms with van der Waals surface area (Å²) >= 11 is 0. The molecule has 0 spiro atoms. The first-order chi connectivity index (χ1) is 8.70. The number of terminal acetylenes is 1. The number of benzene rings is 1. The fraction of sp³-hybridized carbons (Fsp3) is 0.467. The molecule has 1 fully saturated rings. The van der Waals surface area contributed by atoms with E-state index < -0.39 is 6.10 Å². The molecule has 0 aliphatic carbocycles. The van der Waals surface area contributed by atoms with Gasteiger partial charge in [0.05, 0.1) is 12.6 Å². The maximum atomic E-state index is 12.8. The fourth-order valence-electron chi connectivity index (χ4n) is 2.49. The molecule has 1 saturated heterocycles. The lowest BCUT2D eigenvalue weighted by Crippen LogP contribution is -2.35. The molecule has 1 aliphatic heterocycles. The van der Waals surface area contributed by atoms with Crippen molar-refractivity contribution in [1.82, 2.24) is 4.90 Å². The molecule has 0 bridgehead atoms. The molecule has 0 radical (unpaired) electrons. The van der Waals surface area contributed by atoms with Gasteiger partial charge in [-0.25, -0.2) is 4.39 Å². The second-order valence-electron chi connectivity index (χ2n) is 4.81. The lowest BCUT2D eigenvalue weighted by Gasteiger charge is -2.33. The third-order valence-corrected chi connectivity index (χ3v) is 3.61. The summed E-state index contributed by atoms with van der Waals surface area (Å²) in [7, 11) is 0. The highest BCUT2D eigenvalue weighted by Crippen LogP contribution is 2.30. The van der Waals surface area contributed by atoms with Crippen LogP contribution in [-0.4, -0.2) is 29.6 Å². The van der Waals surface area contributed by atoms with Crippen LogP contribution in [0.4, 0.5) is 4.39 Å². The summed E-state index contributed by atoms with van der Waals surface area (Å²) in [6.07, 6.45) is 6.64. The average Bonchev–Trinajstić information content (AvgIpc) is 2.40. The number of piperidine rings is 1. The van der Waals surface area contributed by atoms with Gasteiger partial charge in [-0.3, -0.25) is 4.90 Å². The van der Waals surface area contributed by atoms with Crippen LogP contribution in [0.1, 0.15) is 24.5 Å². The van der Waals surface area contributed by atoms with E-state index in [2.05, 4.69) is 10.8 Å². The van der Waals surface area contributed by atoms with E-state index in [1.807, 2.05) is 0 Å². The van der Waals surface area contributed by atoms with Crippen LogP contribution in [-0.2, 0) is 0 Å². The van der Waals surface area contributed by atoms with Crippen molar-refractivity contribution in [3.63, 3.8) is 0 Å². The molecule has 0 saturated carbocycles. The number of likely N-dealkylation sites (tertiary alicyclic amines) is 1. The van der Waals surface area contributed by atoms with Crippen LogP contribution in [0.3, 0.4) is 0 Å². The molecule has 18 heavy (non-hydrogen) atoms. The van der Waals surface area contributed by atoms with Crippen LogP contribution >= 0.6 is 0 Å². The van der Waals surface area contributed by atoms with Crippen LogP contribution in [0.5, 0.6) is 0 Å². The van der Waals surface area contributed by atoms with Gasteiger partial charge in [-0.1, -0.05) is 18.1 Å². The molecule has 1 atom stereocenters. The predicted molar refractivity (Wildman–Crippen MR) is 69.4 cm³/mol. The second-order valence-corrected chi connectivity index (χ2v) is 4.81. The van der Waals surface area contributed by atoms with Crippen molar-refractivity contribution < 1.29 is 9.50 Å². The highest BCUT2D eigenvalue weighted by Gasteiger charge is 2.25. The van der Waals surface area contributed by atoms with Gasteiger partial charge in [-0.05, 0) is 49.5 Å². The number of aliphatic hydroxyl groups excluding tert-OH is 1. The maximum Gasteiger partial charge on any atom is 0.123 e. The summed E-state index contributed by atoms with van der Waals surface area (Å²) in [5.74, 6) is 2.61. The van der Waals surface area contributed by atoms with E-state index in [0.717, 1.165) is 31.5 Å². The van der Waals surface area contributed by atoms with Crippen molar-refractivity contribution in [2.75, 3.05) is 19.6 Å². The highest BCUT2D eigenvalue weighted by molar-refractivity contribution is 5.19. The molecule has 0 amide bonds. The first kappa shape index (κ1) is 13.1. The second kappa shape index (κ2) is 5.99. The Kier molecular flexibility index (Phi) is 4.35. The Morgan fingerprint density at radius 2 is 1.94 bits per heavy atom. The van der Waals surface area contributed by atoms with Crippen molar-refractivity contribution in [2.24, 2.45) is 5.92 Å². The summed E-state index contributed by atoms with van der Waals surface area (Å²) in [5, 5.41) is 10.3. The lowest BCUT2D eigenvalue weighted by atomic mass is 9.87. The third-order valence-electron chi connectivity index (χ3n) is 3.61. The molecule has 1 N–H and O–H groups in total. The third kappa shape index (κ3) is 3.10. The Balaban J connectivity index is 1.93. The molecule has 2 nitrogen and oxygen atoms in total. The van der Waals surface area contributed by atoms with Crippen LogP contribution in [0.15, 0.2) is 24.3 Å². The topological polar surface area (TPSA) is 23.5 Å². The quantitative estimate of drug-likeness (QED) is 0.828. The Bertz CT molecular complexity index is 415. The minimum atomic E-state index is -0.501. The smallest absolute Gasteiger partial charge is 0.123 e. The van der Waals surface area contributed by atoms with Crippen molar-refractivity contribution in [3.05, 3.63) is 35.6 Å². The van der Waals surface area contributed by atoms with Crippen LogP contribution in [0, 0.1) is 24.1 Å². The molecule has 3 heteroatoms. The van der Waals surface area contributed by atoms with E-state index in [4.69, 9.17) is 6.42 Å². The van der Waals surface area contributed by atoms with Gasteiger partial charge < -0.3 is 5.11 Å². The van der Waals surface area contributed by atoms with E-state index in [1.165, 1.54) is 12.1 Å². The Morgan fingerprint density at radius 1 is 1.33 bits per heavy atom. The van der Waals surface area contributed by atoms with Gasteiger partial charge in [0.2, 0.25) is 0 Å². The molecule has 2 rings (SSSR count). The molecule has 1 unspecified atom stereocenters. The van der Waals surface area contributed by atoms with E-state index in [0.29, 0.717) is 6.54 Å². The van der Waals surface area contributed by atoms with Gasteiger partial charge in [0.25, 0.3) is 0 Å². The van der Waals surface area contributed by atoms with Crippen LogP contribution in [0.25, 0.3) is 0 Å². The molecule has 1 aromatic carbocycles. The van der Waals surface area contributed by atoms with Gasteiger partial charge >= 0.3 is 0 Å². The zero-order valence-electron chi connectivity index (χ0n) is 10.3. The summed E-state index contributed by atoms with van der Waals surface area (Å²) < 4.78 is 12.8. The molecule has 1 heterocycles. The van der Waals surface area contributed by atoms with Gasteiger partial charge in [0.15, 0.2) is 0 Å². The van der Waals surface area contributed by atoms with Gasteiger partial charge in [0.1, 0.15) is 5.82 Å². The highest BCUT2D eigenvalue weighted by atomic mass is 19.1. The largest absolute Gasteiger partial charge is 0.388 e. The standard InChI is InChI=1S/C15H18FNO/c1-2-9-17-10-7-13(8-11-17)15(18)12-3-5-14(16)6-4-12/h1,3-6,13,15,18H,7-11H2. The Morgan fingerprint density at radius 3 is 2.50 bits per heavy atom. The number of halogens is 1. The summed E-state index contributed by atoms with van der Waals surface area (Å²) in [4.78, 5) is 2.22. The Labute approximate surface area is 107 Å². The SMILES string of the molecule is C#CCN1CCC(C(O)c2ccc(F)cc2)CC1. The minimum absolute atomic E-state index is 0.240. The van der Waals surface area contributed by atoms with E-state index in [9.17, 15) is 9.50 Å². The molecule has 0 aromatic heterocycles. The molecule has 1 aromatic rings. The number of hydrogen-bond acceptors (Lipinski definition) is 2. The monoisotopic (exact) mass is 247 g/mol. The maximum absolute atomic E-state index is 12.8. The van der Waals surface area contributed by atoms with Crippen molar-refractivity contribution >= 4 is 0 Å². The van der Waals surface area contributed by atoms with Crippen LogP contribution in [0.2, 0.25) is 0 Å². The van der Waals surface area contributed by atoms with Gasteiger partial charge in [0, 0.05) is 0 Å². The first-order valence-corrected chi connectivity index (χ1v) is 6.30. The molecule has 1 aliphatic rings. The van der Waals surface area contributed by atoms with Gasteiger partial charge in [-0.2, -0.15) is 0 Å². The molecule has 96 valence electrons. The Hall–Kier alpha value is -1.37. The number of aliphatic hydroxyl groups is 1. The lowest BCUT2D eigenvalue weighted by molar-refractivity contribution is 0.0625. The first-order valence-electron chi connectivity index (χ1n) is 6.30. The van der Waals surface area contributed by atoms with E-state index >= 15 is 0 Å². The molecular weight excluding hydrogens is 229 g/mol. The van der Waals surface area contributed by atoms with E-state index in [1.54, 1.807) is 12.1 Å². The van der Waals surface area contributed by atoms with Crippen molar-refractivity contribution in [2.45, 2.75) is 18.9 Å².